The number of likely N-dealkylation sites (tertiary alicyclic amines) is 1. The second-order valence-electron chi connectivity index (χ2n) is 8.98. The molecule has 0 bridgehead atoms. The first-order chi connectivity index (χ1) is 18.5. The molecule has 2 aromatic carbocycles. The Morgan fingerprint density at radius 2 is 1.82 bits per heavy atom. The SMILES string of the molecule is COc1cc(C2/C(=C(\O)c3ccc4c(c3)CCCO4)C(=O)C(=O)N2Cc2ccccn2)cc(OC)c1OC. The standard InChI is InChI=1S/C29H28N2O7/c1-35-22-14-19(15-23(36-2)28(22)37-3)25-24(26(32)18-9-10-21-17(13-18)7-6-12-38-21)27(33)29(34)31(25)16-20-8-4-5-11-30-20/h4-5,8-11,13-15,25,32H,6-7,12,16H2,1-3H3/b26-24+. The van der Waals surface area contributed by atoms with Crippen LogP contribution in [0.15, 0.2) is 60.3 Å². The van der Waals surface area contributed by atoms with Crippen LogP contribution >= 0.6 is 0 Å². The summed E-state index contributed by atoms with van der Waals surface area (Å²) in [4.78, 5) is 32.6. The fourth-order valence-electron chi connectivity index (χ4n) is 4.98. The number of methoxy groups -OCH3 is 3. The van der Waals surface area contributed by atoms with Gasteiger partial charge in [-0.3, -0.25) is 14.6 Å². The maximum absolute atomic E-state index is 13.5. The monoisotopic (exact) mass is 516 g/mol. The molecule has 1 unspecified atom stereocenters. The lowest BCUT2D eigenvalue weighted by Gasteiger charge is -2.26. The number of Topliss-reactive ketones (excluding diaryl/α,β-unsaturated/α-hetero) is 1. The summed E-state index contributed by atoms with van der Waals surface area (Å²) in [5.74, 6) is 0.0505. The van der Waals surface area contributed by atoms with Gasteiger partial charge in [-0.15, -0.1) is 0 Å². The van der Waals surface area contributed by atoms with Crippen LogP contribution < -0.4 is 18.9 Å². The zero-order chi connectivity index (χ0) is 26.8. The number of rotatable bonds is 7. The van der Waals surface area contributed by atoms with Gasteiger partial charge in [0.05, 0.1) is 51.8 Å². The lowest BCUT2D eigenvalue weighted by atomic mass is 9.93. The van der Waals surface area contributed by atoms with Crippen LogP contribution in [0.2, 0.25) is 0 Å². The number of hydrogen-bond donors (Lipinski definition) is 1. The van der Waals surface area contributed by atoms with E-state index in [1.165, 1.54) is 26.2 Å². The number of amides is 1. The van der Waals surface area contributed by atoms with Crippen molar-refractivity contribution in [3.63, 3.8) is 0 Å². The minimum atomic E-state index is -0.932. The predicted molar refractivity (Wildman–Crippen MR) is 138 cm³/mol. The number of ether oxygens (including phenoxy) is 4. The molecule has 1 N–H and O–H groups in total. The van der Waals surface area contributed by atoms with Crippen LogP contribution in [-0.2, 0) is 22.6 Å². The summed E-state index contributed by atoms with van der Waals surface area (Å²) in [6.07, 6.45) is 3.27. The Morgan fingerprint density at radius 1 is 1.05 bits per heavy atom. The van der Waals surface area contributed by atoms with Crippen molar-refractivity contribution in [2.24, 2.45) is 0 Å². The minimum absolute atomic E-state index is 0.0307. The average Bonchev–Trinajstić information content (AvgIpc) is 3.21. The lowest BCUT2D eigenvalue weighted by molar-refractivity contribution is -0.140. The number of benzene rings is 2. The molecule has 1 aromatic heterocycles. The second kappa shape index (κ2) is 10.5. The van der Waals surface area contributed by atoms with E-state index in [-0.39, 0.29) is 17.9 Å². The van der Waals surface area contributed by atoms with Crippen LogP contribution in [0.25, 0.3) is 5.76 Å². The molecule has 2 aliphatic heterocycles. The van der Waals surface area contributed by atoms with Crippen molar-refractivity contribution in [3.8, 4) is 23.0 Å². The molecule has 0 radical (unpaired) electrons. The molecule has 2 aliphatic rings. The summed E-state index contributed by atoms with van der Waals surface area (Å²) in [6, 6.07) is 13.1. The van der Waals surface area contributed by atoms with Crippen LogP contribution in [0.3, 0.4) is 0 Å². The van der Waals surface area contributed by atoms with Gasteiger partial charge in [-0.25, -0.2) is 0 Å². The van der Waals surface area contributed by atoms with Crippen molar-refractivity contribution in [3.05, 3.63) is 82.7 Å². The molecule has 1 saturated heterocycles. The van der Waals surface area contributed by atoms with Gasteiger partial charge in [0.25, 0.3) is 11.7 Å². The third-order valence-corrected chi connectivity index (χ3v) is 6.78. The number of aliphatic hydroxyl groups excluding tert-OH is 1. The molecule has 1 atom stereocenters. The maximum atomic E-state index is 13.5. The van der Waals surface area contributed by atoms with Crippen molar-refractivity contribution < 1.29 is 33.6 Å². The topological polar surface area (TPSA) is 107 Å². The van der Waals surface area contributed by atoms with Gasteiger partial charge in [0, 0.05) is 11.8 Å². The van der Waals surface area contributed by atoms with E-state index >= 15 is 0 Å². The summed E-state index contributed by atoms with van der Waals surface area (Å²) in [7, 11) is 4.47. The van der Waals surface area contributed by atoms with Crippen LogP contribution in [-0.4, -0.2) is 54.6 Å². The summed E-state index contributed by atoms with van der Waals surface area (Å²) < 4.78 is 22.2. The number of nitrogens with zero attached hydrogens (tertiary/aromatic N) is 2. The predicted octanol–water partition coefficient (Wildman–Crippen LogP) is 4.05. The van der Waals surface area contributed by atoms with Gasteiger partial charge in [0.1, 0.15) is 11.5 Å². The fourth-order valence-corrected chi connectivity index (χ4v) is 4.98. The molecule has 1 amide bonds. The van der Waals surface area contributed by atoms with Crippen molar-refractivity contribution in [1.29, 1.82) is 0 Å². The fraction of sp³-hybridized carbons (Fsp3) is 0.276. The zero-order valence-electron chi connectivity index (χ0n) is 21.4. The normalized spacial score (nSPS) is 18.1. The number of pyridine rings is 1. The van der Waals surface area contributed by atoms with E-state index in [2.05, 4.69) is 4.98 Å². The molecular formula is C29H28N2O7. The Hall–Kier alpha value is -4.53. The summed E-state index contributed by atoms with van der Waals surface area (Å²) >= 11 is 0. The minimum Gasteiger partial charge on any atom is -0.507 e. The number of hydrogen-bond acceptors (Lipinski definition) is 8. The van der Waals surface area contributed by atoms with E-state index in [1.54, 1.807) is 42.6 Å². The third-order valence-electron chi connectivity index (χ3n) is 6.78. The van der Waals surface area contributed by atoms with Crippen LogP contribution in [0.1, 0.15) is 34.8 Å². The van der Waals surface area contributed by atoms with Gasteiger partial charge in [-0.05, 0) is 66.4 Å². The molecule has 9 heteroatoms. The number of ketones is 1. The number of fused-ring (bicyclic) bond motifs is 1. The molecule has 1 fully saturated rings. The smallest absolute Gasteiger partial charge is 0.296 e. The molecule has 0 spiro atoms. The van der Waals surface area contributed by atoms with Crippen molar-refractivity contribution in [2.75, 3.05) is 27.9 Å². The third kappa shape index (κ3) is 4.40. The quantitative estimate of drug-likeness (QED) is 0.285. The number of aromatic nitrogens is 1. The summed E-state index contributed by atoms with van der Waals surface area (Å²) in [6.45, 7) is 0.694. The first kappa shape index (κ1) is 25.1. The Kier molecular flexibility index (Phi) is 6.91. The molecule has 0 saturated carbocycles. The molecular weight excluding hydrogens is 488 g/mol. The lowest BCUT2D eigenvalue weighted by Crippen LogP contribution is -2.29. The number of carbonyl (C=O) groups excluding carboxylic acids is 2. The van der Waals surface area contributed by atoms with Gasteiger partial charge in [-0.2, -0.15) is 0 Å². The van der Waals surface area contributed by atoms with E-state index in [0.717, 1.165) is 24.2 Å². The van der Waals surface area contributed by atoms with Crippen LogP contribution in [0, 0.1) is 0 Å². The number of carbonyl (C=O) groups is 2. The molecule has 38 heavy (non-hydrogen) atoms. The Balaban J connectivity index is 1.70. The van der Waals surface area contributed by atoms with Crippen LogP contribution in [0.4, 0.5) is 0 Å². The zero-order valence-corrected chi connectivity index (χ0v) is 21.4. The van der Waals surface area contributed by atoms with Crippen molar-refractivity contribution in [1.82, 2.24) is 9.88 Å². The molecule has 0 aliphatic carbocycles. The van der Waals surface area contributed by atoms with Gasteiger partial charge in [0.2, 0.25) is 5.75 Å². The summed E-state index contributed by atoms with van der Waals surface area (Å²) in [5, 5.41) is 11.5. The second-order valence-corrected chi connectivity index (χ2v) is 8.98. The number of aliphatic hydroxyl groups is 1. The van der Waals surface area contributed by atoms with E-state index in [0.29, 0.717) is 40.7 Å². The molecule has 3 heterocycles. The van der Waals surface area contributed by atoms with Gasteiger partial charge in [0.15, 0.2) is 11.5 Å². The Bertz CT molecular complexity index is 1390. The highest BCUT2D eigenvalue weighted by molar-refractivity contribution is 6.46. The molecule has 3 aromatic rings. The molecule has 196 valence electrons. The number of aryl methyl sites for hydroxylation is 1. The van der Waals surface area contributed by atoms with Crippen LogP contribution in [0.5, 0.6) is 23.0 Å². The average molecular weight is 517 g/mol. The molecule has 9 nitrogen and oxygen atoms in total. The first-order valence-electron chi connectivity index (χ1n) is 12.2. The van der Waals surface area contributed by atoms with Gasteiger partial charge < -0.3 is 29.0 Å². The van der Waals surface area contributed by atoms with Gasteiger partial charge in [-0.1, -0.05) is 6.07 Å². The van der Waals surface area contributed by atoms with Crippen molar-refractivity contribution in [2.45, 2.75) is 25.4 Å². The highest BCUT2D eigenvalue weighted by Crippen LogP contribution is 2.46. The van der Waals surface area contributed by atoms with E-state index in [1.807, 2.05) is 12.1 Å². The summed E-state index contributed by atoms with van der Waals surface area (Å²) in [5.41, 5.74) is 2.45. The van der Waals surface area contributed by atoms with E-state index in [9.17, 15) is 14.7 Å². The van der Waals surface area contributed by atoms with Gasteiger partial charge >= 0.3 is 0 Å². The first-order valence-corrected chi connectivity index (χ1v) is 12.2. The van der Waals surface area contributed by atoms with E-state index < -0.39 is 17.7 Å². The highest BCUT2D eigenvalue weighted by atomic mass is 16.5. The highest BCUT2D eigenvalue weighted by Gasteiger charge is 2.46. The Labute approximate surface area is 220 Å². The maximum Gasteiger partial charge on any atom is 0.296 e. The Morgan fingerprint density at radius 3 is 2.47 bits per heavy atom. The van der Waals surface area contributed by atoms with Crippen molar-refractivity contribution >= 4 is 17.4 Å². The largest absolute Gasteiger partial charge is 0.507 e. The van der Waals surface area contributed by atoms with E-state index in [4.69, 9.17) is 18.9 Å². The molecule has 5 rings (SSSR count).